The minimum absolute atomic E-state index is 0.0673. The Bertz CT molecular complexity index is 809. The summed E-state index contributed by atoms with van der Waals surface area (Å²) >= 11 is 6.00. The number of ether oxygens (including phenoxy) is 1. The van der Waals surface area contributed by atoms with Crippen LogP contribution in [0.5, 0.6) is 5.75 Å². The van der Waals surface area contributed by atoms with Gasteiger partial charge in [-0.1, -0.05) is 56.6 Å². The molecule has 0 heterocycles. The molecule has 4 nitrogen and oxygen atoms in total. The zero-order valence-corrected chi connectivity index (χ0v) is 15.8. The fourth-order valence-electron chi connectivity index (χ4n) is 2.20. The smallest absolute Gasteiger partial charge is 0.240 e. The van der Waals surface area contributed by atoms with Crippen LogP contribution in [-0.2, 0) is 22.0 Å². The molecular formula is C18H22ClNO3S. The Hall–Kier alpha value is -1.56. The lowest BCUT2D eigenvalue weighted by atomic mass is 9.87. The number of methoxy groups -OCH3 is 1. The molecular weight excluding hydrogens is 346 g/mol. The Labute approximate surface area is 148 Å². The van der Waals surface area contributed by atoms with E-state index in [9.17, 15) is 8.42 Å². The van der Waals surface area contributed by atoms with Crippen molar-refractivity contribution in [2.45, 2.75) is 37.6 Å². The topological polar surface area (TPSA) is 55.4 Å². The van der Waals surface area contributed by atoms with Gasteiger partial charge in [-0.3, -0.25) is 0 Å². The highest BCUT2D eigenvalue weighted by atomic mass is 35.5. The largest absolute Gasteiger partial charge is 0.495 e. The Morgan fingerprint density at radius 1 is 1.08 bits per heavy atom. The van der Waals surface area contributed by atoms with Crippen molar-refractivity contribution in [3.8, 4) is 5.75 Å². The minimum Gasteiger partial charge on any atom is -0.495 e. The summed E-state index contributed by atoms with van der Waals surface area (Å²) in [6, 6.07) is 12.3. The summed E-state index contributed by atoms with van der Waals surface area (Å²) in [6.07, 6.45) is 0. The van der Waals surface area contributed by atoms with E-state index in [4.69, 9.17) is 16.3 Å². The first-order chi connectivity index (χ1) is 11.1. The van der Waals surface area contributed by atoms with Gasteiger partial charge in [-0.25, -0.2) is 13.1 Å². The number of hydrogen-bond donors (Lipinski definition) is 1. The standard InChI is InChI=1S/C18H22ClNO3S/c1-18(2,3)14-7-5-13(6-8-14)12-20-24(21,22)15-9-10-17(23-4)16(19)11-15/h5-11,20H,12H2,1-4H3. The maximum atomic E-state index is 12.4. The van der Waals surface area contributed by atoms with Gasteiger partial charge in [0, 0.05) is 6.54 Å². The first kappa shape index (κ1) is 18.8. The highest BCUT2D eigenvalue weighted by molar-refractivity contribution is 7.89. The van der Waals surface area contributed by atoms with Crippen molar-refractivity contribution < 1.29 is 13.2 Å². The Morgan fingerprint density at radius 3 is 2.21 bits per heavy atom. The third-order valence-electron chi connectivity index (χ3n) is 3.72. The Balaban J connectivity index is 2.11. The van der Waals surface area contributed by atoms with Crippen molar-refractivity contribution in [2.24, 2.45) is 0 Å². The van der Waals surface area contributed by atoms with Crippen molar-refractivity contribution in [3.05, 3.63) is 58.6 Å². The molecule has 2 aromatic carbocycles. The van der Waals surface area contributed by atoms with Crippen molar-refractivity contribution in [1.82, 2.24) is 4.72 Å². The normalized spacial score (nSPS) is 12.2. The van der Waals surface area contributed by atoms with Crippen LogP contribution in [0.4, 0.5) is 0 Å². The fraction of sp³-hybridized carbons (Fsp3) is 0.333. The average Bonchev–Trinajstić information content (AvgIpc) is 2.52. The zero-order valence-electron chi connectivity index (χ0n) is 14.3. The van der Waals surface area contributed by atoms with Gasteiger partial charge in [0.2, 0.25) is 10.0 Å². The van der Waals surface area contributed by atoms with Crippen LogP contribution in [0, 0.1) is 0 Å². The second kappa shape index (κ2) is 7.13. The van der Waals surface area contributed by atoms with Gasteiger partial charge >= 0.3 is 0 Å². The minimum atomic E-state index is -3.63. The summed E-state index contributed by atoms with van der Waals surface area (Å²) in [6.45, 7) is 6.63. The van der Waals surface area contributed by atoms with Crippen molar-refractivity contribution in [2.75, 3.05) is 7.11 Å². The molecule has 0 atom stereocenters. The summed E-state index contributed by atoms with van der Waals surface area (Å²) in [4.78, 5) is 0.111. The first-order valence-corrected chi connectivity index (χ1v) is 9.42. The molecule has 0 aromatic heterocycles. The third kappa shape index (κ3) is 4.50. The van der Waals surface area contributed by atoms with Gasteiger partial charge in [-0.2, -0.15) is 0 Å². The van der Waals surface area contributed by atoms with Crippen molar-refractivity contribution in [1.29, 1.82) is 0 Å². The van der Waals surface area contributed by atoms with E-state index in [1.54, 1.807) is 0 Å². The highest BCUT2D eigenvalue weighted by Crippen LogP contribution is 2.27. The van der Waals surface area contributed by atoms with Crippen LogP contribution in [0.25, 0.3) is 0 Å². The van der Waals surface area contributed by atoms with Crippen molar-refractivity contribution >= 4 is 21.6 Å². The van der Waals surface area contributed by atoms with Crippen LogP contribution in [0.2, 0.25) is 5.02 Å². The summed E-state index contributed by atoms with van der Waals surface area (Å²) in [7, 11) is -2.15. The Morgan fingerprint density at radius 2 is 1.71 bits per heavy atom. The molecule has 0 aliphatic carbocycles. The highest BCUT2D eigenvalue weighted by Gasteiger charge is 2.16. The molecule has 130 valence electrons. The van der Waals surface area contributed by atoms with Crippen LogP contribution in [0.1, 0.15) is 31.9 Å². The van der Waals surface area contributed by atoms with Crippen molar-refractivity contribution in [3.63, 3.8) is 0 Å². The summed E-state index contributed by atoms with van der Waals surface area (Å²) in [5, 5.41) is 0.259. The summed E-state index contributed by atoms with van der Waals surface area (Å²) in [5.74, 6) is 0.438. The van der Waals surface area contributed by atoms with Gasteiger partial charge in [0.05, 0.1) is 17.0 Å². The van der Waals surface area contributed by atoms with E-state index in [1.165, 1.54) is 30.9 Å². The zero-order chi connectivity index (χ0) is 18.0. The second-order valence-corrected chi connectivity index (χ2v) is 8.74. The molecule has 0 saturated carbocycles. The number of nitrogens with one attached hydrogen (secondary N) is 1. The second-order valence-electron chi connectivity index (χ2n) is 6.57. The maximum Gasteiger partial charge on any atom is 0.240 e. The van der Waals surface area contributed by atoms with E-state index >= 15 is 0 Å². The third-order valence-corrected chi connectivity index (χ3v) is 5.41. The van der Waals surface area contributed by atoms with Gasteiger partial charge in [-0.05, 0) is 34.7 Å². The number of hydrogen-bond acceptors (Lipinski definition) is 3. The average molecular weight is 368 g/mol. The summed E-state index contributed by atoms with van der Waals surface area (Å²) < 4.78 is 32.4. The molecule has 0 saturated heterocycles. The van der Waals surface area contributed by atoms with Crippen LogP contribution >= 0.6 is 11.6 Å². The van der Waals surface area contributed by atoms with Gasteiger partial charge < -0.3 is 4.74 Å². The van der Waals surface area contributed by atoms with E-state index < -0.39 is 10.0 Å². The van der Waals surface area contributed by atoms with E-state index in [0.717, 1.165) is 5.56 Å². The maximum absolute atomic E-state index is 12.4. The quantitative estimate of drug-likeness (QED) is 0.864. The molecule has 0 spiro atoms. The number of benzene rings is 2. The molecule has 0 aliphatic heterocycles. The van der Waals surface area contributed by atoms with E-state index in [1.807, 2.05) is 24.3 Å². The molecule has 0 radical (unpaired) electrons. The molecule has 1 N–H and O–H groups in total. The lowest BCUT2D eigenvalue weighted by Crippen LogP contribution is -2.23. The molecule has 0 unspecified atom stereocenters. The van der Waals surface area contributed by atoms with Crippen LogP contribution in [0.3, 0.4) is 0 Å². The predicted octanol–water partition coefficient (Wildman–Crippen LogP) is 4.12. The van der Waals surface area contributed by atoms with Crippen LogP contribution in [-0.4, -0.2) is 15.5 Å². The molecule has 0 bridgehead atoms. The van der Waals surface area contributed by atoms with Gasteiger partial charge in [0.15, 0.2) is 0 Å². The Kier molecular flexibility index (Phi) is 5.58. The van der Waals surface area contributed by atoms with E-state index in [0.29, 0.717) is 5.75 Å². The number of sulfonamides is 1. The monoisotopic (exact) mass is 367 g/mol. The fourth-order valence-corrected chi connectivity index (χ4v) is 3.56. The van der Waals surface area contributed by atoms with Gasteiger partial charge in [-0.15, -0.1) is 0 Å². The van der Waals surface area contributed by atoms with Crippen LogP contribution in [0.15, 0.2) is 47.4 Å². The van der Waals surface area contributed by atoms with Gasteiger partial charge in [0.25, 0.3) is 0 Å². The molecule has 2 aromatic rings. The van der Waals surface area contributed by atoms with Gasteiger partial charge in [0.1, 0.15) is 5.75 Å². The molecule has 0 amide bonds. The molecule has 24 heavy (non-hydrogen) atoms. The lowest BCUT2D eigenvalue weighted by Gasteiger charge is -2.19. The first-order valence-electron chi connectivity index (χ1n) is 7.56. The summed E-state index contributed by atoms with van der Waals surface area (Å²) in [5.41, 5.74) is 2.17. The number of rotatable bonds is 5. The predicted molar refractivity (Wildman–Crippen MR) is 97.2 cm³/mol. The molecule has 0 fully saturated rings. The molecule has 6 heteroatoms. The lowest BCUT2D eigenvalue weighted by molar-refractivity contribution is 0.414. The van der Waals surface area contributed by atoms with Crippen LogP contribution < -0.4 is 9.46 Å². The van der Waals surface area contributed by atoms with E-state index in [-0.39, 0.29) is 21.9 Å². The molecule has 0 aliphatic rings. The van der Waals surface area contributed by atoms with E-state index in [2.05, 4.69) is 25.5 Å². The SMILES string of the molecule is COc1ccc(S(=O)(=O)NCc2ccc(C(C)(C)C)cc2)cc1Cl. The molecule has 2 rings (SSSR count). The number of halogens is 1.